The molecule has 0 radical (unpaired) electrons. The summed E-state index contributed by atoms with van der Waals surface area (Å²) < 4.78 is 5.78. The van der Waals surface area contributed by atoms with E-state index in [1.54, 1.807) is 23.2 Å². The van der Waals surface area contributed by atoms with Crippen LogP contribution in [0.15, 0.2) is 29.5 Å². The van der Waals surface area contributed by atoms with E-state index in [4.69, 9.17) is 27.9 Å². The first-order chi connectivity index (χ1) is 12.7. The number of guanidine groups is 1. The van der Waals surface area contributed by atoms with Crippen molar-refractivity contribution < 1.29 is 9.77 Å². The van der Waals surface area contributed by atoms with Crippen LogP contribution in [0.3, 0.4) is 0 Å². The van der Waals surface area contributed by atoms with E-state index in [2.05, 4.69) is 18.9 Å². The van der Waals surface area contributed by atoms with Gasteiger partial charge in [0.15, 0.2) is 5.03 Å². The molecule has 0 N–H and O–H groups in total. The zero-order valence-electron chi connectivity index (χ0n) is 15.3. The summed E-state index contributed by atoms with van der Waals surface area (Å²) in [5, 5.41) is 14.9. The Hall–Kier alpha value is -1.83. The third-order valence-corrected chi connectivity index (χ3v) is 5.42. The highest BCUT2D eigenvalue weighted by atomic mass is 35.5. The lowest BCUT2D eigenvalue weighted by molar-refractivity contribution is -0.486. The molecule has 9 heteroatoms. The van der Waals surface area contributed by atoms with Crippen LogP contribution >= 0.6 is 23.2 Å². The SMILES string of the molecule is CC1(C)CC(CN2CCN(C=Cc3ccc(Cl)c(Cl)c3)C2=N[N+](=O)[O-])CO1. The van der Waals surface area contributed by atoms with Crippen molar-refractivity contribution in [3.05, 3.63) is 50.1 Å². The first-order valence-corrected chi connectivity index (χ1v) is 9.51. The molecule has 2 aliphatic heterocycles. The van der Waals surface area contributed by atoms with Crippen molar-refractivity contribution in [1.29, 1.82) is 0 Å². The minimum absolute atomic E-state index is 0.141. The van der Waals surface area contributed by atoms with E-state index in [1.807, 2.05) is 17.0 Å². The number of benzene rings is 1. The number of hydrogen-bond acceptors (Lipinski definition) is 3. The predicted octanol–water partition coefficient (Wildman–Crippen LogP) is 3.94. The molecular weight excluding hydrogens is 391 g/mol. The normalized spacial score (nSPS) is 23.7. The molecule has 3 rings (SSSR count). The van der Waals surface area contributed by atoms with Gasteiger partial charge in [-0.25, -0.2) is 10.1 Å². The largest absolute Gasteiger partial charge is 0.375 e. The van der Waals surface area contributed by atoms with E-state index < -0.39 is 5.03 Å². The summed E-state index contributed by atoms with van der Waals surface area (Å²) in [6, 6.07) is 5.30. The van der Waals surface area contributed by atoms with Gasteiger partial charge >= 0.3 is 0 Å². The van der Waals surface area contributed by atoms with Gasteiger partial charge in [-0.15, -0.1) is 0 Å². The van der Waals surface area contributed by atoms with Crippen molar-refractivity contribution in [3.8, 4) is 0 Å². The molecule has 2 fully saturated rings. The van der Waals surface area contributed by atoms with Crippen LogP contribution in [-0.2, 0) is 4.74 Å². The van der Waals surface area contributed by atoms with Gasteiger partial charge in [-0.1, -0.05) is 29.3 Å². The van der Waals surface area contributed by atoms with Gasteiger partial charge in [0.05, 0.1) is 22.3 Å². The van der Waals surface area contributed by atoms with Gasteiger partial charge in [-0.2, -0.15) is 0 Å². The zero-order chi connectivity index (χ0) is 19.6. The van der Waals surface area contributed by atoms with Gasteiger partial charge in [-0.05, 0) is 44.0 Å². The summed E-state index contributed by atoms with van der Waals surface area (Å²) >= 11 is 12.0. The highest BCUT2D eigenvalue weighted by Crippen LogP contribution is 2.30. The van der Waals surface area contributed by atoms with Crippen LogP contribution in [0.25, 0.3) is 6.08 Å². The van der Waals surface area contributed by atoms with Gasteiger partial charge < -0.3 is 14.5 Å². The fourth-order valence-corrected chi connectivity index (χ4v) is 3.80. The van der Waals surface area contributed by atoms with Crippen LogP contribution in [0.4, 0.5) is 0 Å². The summed E-state index contributed by atoms with van der Waals surface area (Å²) in [6.07, 6.45) is 4.55. The summed E-state index contributed by atoms with van der Waals surface area (Å²) in [5.41, 5.74) is 0.715. The molecule has 0 amide bonds. The summed E-state index contributed by atoms with van der Waals surface area (Å²) in [5.74, 6) is 0.678. The molecular formula is C18H22Cl2N4O3. The quantitative estimate of drug-likeness (QED) is 0.540. The fourth-order valence-electron chi connectivity index (χ4n) is 3.50. The van der Waals surface area contributed by atoms with E-state index in [0.717, 1.165) is 12.0 Å². The Bertz CT molecular complexity index is 782. The molecule has 1 aromatic rings. The van der Waals surface area contributed by atoms with Gasteiger partial charge in [0, 0.05) is 31.8 Å². The van der Waals surface area contributed by atoms with Crippen LogP contribution in [-0.4, -0.2) is 52.6 Å². The Morgan fingerprint density at radius 1 is 1.37 bits per heavy atom. The van der Waals surface area contributed by atoms with Crippen LogP contribution in [0.5, 0.6) is 0 Å². The van der Waals surface area contributed by atoms with Crippen molar-refractivity contribution in [2.45, 2.75) is 25.9 Å². The highest BCUT2D eigenvalue weighted by molar-refractivity contribution is 6.42. The van der Waals surface area contributed by atoms with Crippen LogP contribution in [0.2, 0.25) is 10.0 Å². The molecule has 2 saturated heterocycles. The maximum atomic E-state index is 11.0. The van der Waals surface area contributed by atoms with Crippen molar-refractivity contribution in [2.24, 2.45) is 11.0 Å². The fraction of sp³-hybridized carbons (Fsp3) is 0.500. The number of nitro groups is 1. The number of hydrogen-bond donors (Lipinski definition) is 0. The molecule has 1 unspecified atom stereocenters. The molecule has 0 aliphatic carbocycles. The van der Waals surface area contributed by atoms with Crippen molar-refractivity contribution in [1.82, 2.24) is 9.80 Å². The Labute approximate surface area is 168 Å². The minimum Gasteiger partial charge on any atom is -0.375 e. The van der Waals surface area contributed by atoms with Crippen LogP contribution < -0.4 is 0 Å². The number of hydrazone groups is 1. The van der Waals surface area contributed by atoms with Crippen molar-refractivity contribution >= 4 is 35.2 Å². The van der Waals surface area contributed by atoms with Gasteiger partial charge in [0.1, 0.15) is 5.10 Å². The Balaban J connectivity index is 1.72. The predicted molar refractivity (Wildman–Crippen MR) is 106 cm³/mol. The summed E-state index contributed by atoms with van der Waals surface area (Å²) in [6.45, 7) is 6.78. The molecule has 0 spiro atoms. The van der Waals surface area contributed by atoms with E-state index in [9.17, 15) is 10.1 Å². The van der Waals surface area contributed by atoms with E-state index in [1.165, 1.54) is 0 Å². The number of nitrogens with zero attached hydrogens (tertiary/aromatic N) is 4. The molecule has 27 heavy (non-hydrogen) atoms. The maximum absolute atomic E-state index is 11.0. The van der Waals surface area contributed by atoms with Gasteiger partial charge in [0.25, 0.3) is 5.96 Å². The number of rotatable bonds is 5. The molecule has 2 heterocycles. The lowest BCUT2D eigenvalue weighted by atomic mass is 9.97. The molecule has 7 nitrogen and oxygen atoms in total. The van der Waals surface area contributed by atoms with Crippen LogP contribution in [0, 0.1) is 16.0 Å². The van der Waals surface area contributed by atoms with Crippen LogP contribution in [0.1, 0.15) is 25.8 Å². The minimum atomic E-state index is -0.650. The molecule has 1 aromatic carbocycles. The zero-order valence-corrected chi connectivity index (χ0v) is 16.8. The molecule has 2 aliphatic rings. The Morgan fingerprint density at radius 2 is 2.15 bits per heavy atom. The smallest absolute Gasteiger partial charge is 0.278 e. The number of ether oxygens (including phenoxy) is 1. The third kappa shape index (κ3) is 5.12. The molecule has 0 saturated carbocycles. The molecule has 0 bridgehead atoms. The molecule has 146 valence electrons. The van der Waals surface area contributed by atoms with Gasteiger partial charge in [-0.3, -0.25) is 0 Å². The first-order valence-electron chi connectivity index (χ1n) is 8.75. The Morgan fingerprint density at radius 3 is 2.78 bits per heavy atom. The first kappa shape index (κ1) is 19.9. The molecule has 0 aromatic heterocycles. The van der Waals surface area contributed by atoms with Gasteiger partial charge in [0.2, 0.25) is 0 Å². The van der Waals surface area contributed by atoms with E-state index in [0.29, 0.717) is 48.2 Å². The second-order valence-corrected chi connectivity index (χ2v) is 8.22. The lowest BCUT2D eigenvalue weighted by Gasteiger charge is -2.22. The van der Waals surface area contributed by atoms with Crippen molar-refractivity contribution in [3.63, 3.8) is 0 Å². The standard InChI is InChI=1S/C18H22Cl2N4O3/c1-18(2)10-14(12-27-18)11-23-8-7-22(17(23)21-24(25)26)6-5-13-3-4-15(19)16(20)9-13/h3-6,9,14H,7-8,10-12H2,1-2H3. The summed E-state index contributed by atoms with van der Waals surface area (Å²) in [4.78, 5) is 14.8. The Kier molecular flexibility index (Phi) is 5.93. The van der Waals surface area contributed by atoms with E-state index >= 15 is 0 Å². The third-order valence-electron chi connectivity index (χ3n) is 4.68. The second kappa shape index (κ2) is 8.04. The second-order valence-electron chi connectivity index (χ2n) is 7.41. The maximum Gasteiger partial charge on any atom is 0.278 e. The lowest BCUT2D eigenvalue weighted by Crippen LogP contribution is -2.35. The highest BCUT2D eigenvalue weighted by Gasteiger charge is 2.36. The monoisotopic (exact) mass is 412 g/mol. The average Bonchev–Trinajstić information content (AvgIpc) is 3.12. The summed E-state index contributed by atoms with van der Waals surface area (Å²) in [7, 11) is 0. The topological polar surface area (TPSA) is 71.2 Å². The average molecular weight is 413 g/mol. The molecule has 1 atom stereocenters. The van der Waals surface area contributed by atoms with Crippen molar-refractivity contribution in [2.75, 3.05) is 26.2 Å². The number of halogens is 2. The van der Waals surface area contributed by atoms with E-state index in [-0.39, 0.29) is 5.60 Å².